The Labute approximate surface area is 319 Å². The summed E-state index contributed by atoms with van der Waals surface area (Å²) in [5.41, 5.74) is 19.5. The lowest BCUT2D eigenvalue weighted by molar-refractivity contribution is -0.384. The minimum Gasteiger partial charge on any atom is -0.370 e. The standard InChI is InChI=1S/C36H42IN9O7/c1-21(47)45-20-25-6-3-2-5-24(25)19-31(45)35(51)44-30(18-22-8-12-26(37)13-9-22)34(50)42-28(7-4-16-41-36(39)40)33(49)43-29(32(38)48)17-23-10-14-27(15-11-23)46(52)53/h2-3,5-6,8-15,28-31H,4,7,16-20H2,1H3,(H2,38,48)(H,42,50)(H,43,49)(H,44,51)(H4,39,40,41)/t28-,29+,30+,31?/m0/s1. The number of fused-ring (bicyclic) bond motifs is 1. The Morgan fingerprint density at radius 3 is 2.00 bits per heavy atom. The van der Waals surface area contributed by atoms with Gasteiger partial charge in [-0.2, -0.15) is 0 Å². The molecule has 53 heavy (non-hydrogen) atoms. The van der Waals surface area contributed by atoms with Crippen LogP contribution in [0.2, 0.25) is 0 Å². The van der Waals surface area contributed by atoms with Crippen LogP contribution in [0.15, 0.2) is 77.8 Å². The molecule has 5 amide bonds. The van der Waals surface area contributed by atoms with Crippen molar-refractivity contribution in [2.24, 2.45) is 22.2 Å². The number of halogens is 1. The highest BCUT2D eigenvalue weighted by Crippen LogP contribution is 2.24. The number of nitro groups is 1. The molecule has 280 valence electrons. The van der Waals surface area contributed by atoms with Crippen molar-refractivity contribution >= 4 is 63.8 Å². The van der Waals surface area contributed by atoms with E-state index in [1.807, 2.05) is 48.5 Å². The Bertz CT molecular complexity index is 1850. The first kappa shape index (κ1) is 40.2. The lowest BCUT2D eigenvalue weighted by atomic mass is 9.93. The first-order valence-electron chi connectivity index (χ1n) is 16.8. The van der Waals surface area contributed by atoms with Crippen LogP contribution >= 0.6 is 22.6 Å². The maximum Gasteiger partial charge on any atom is 0.269 e. The Hall–Kier alpha value is -5.59. The number of nitro benzene ring substituents is 1. The summed E-state index contributed by atoms with van der Waals surface area (Å²) >= 11 is 2.15. The SMILES string of the molecule is CC(=O)N1Cc2ccccc2CC1C(=O)N[C@H](Cc1ccc(I)cc1)C(=O)N[C@@H](CCCN=C(N)N)C(=O)N[C@H](Cc1ccc([N+](=O)[O-])cc1)C(N)=O. The molecule has 1 aliphatic rings. The fraction of sp³-hybridized carbons (Fsp3) is 0.333. The normalized spacial score (nSPS) is 15.1. The molecule has 3 aromatic rings. The summed E-state index contributed by atoms with van der Waals surface area (Å²) in [5, 5.41) is 19.2. The molecule has 16 nitrogen and oxygen atoms in total. The molecule has 0 saturated heterocycles. The first-order valence-corrected chi connectivity index (χ1v) is 17.9. The number of benzene rings is 3. The van der Waals surface area contributed by atoms with E-state index in [4.69, 9.17) is 17.2 Å². The van der Waals surface area contributed by atoms with Crippen molar-refractivity contribution in [3.63, 3.8) is 0 Å². The van der Waals surface area contributed by atoms with Crippen molar-refractivity contribution in [2.45, 2.75) is 69.7 Å². The number of non-ortho nitro benzene ring substituents is 1. The van der Waals surface area contributed by atoms with Crippen molar-refractivity contribution in [3.05, 3.63) is 109 Å². The van der Waals surface area contributed by atoms with Gasteiger partial charge >= 0.3 is 0 Å². The van der Waals surface area contributed by atoms with Gasteiger partial charge in [0, 0.05) is 55.0 Å². The van der Waals surface area contributed by atoms with Gasteiger partial charge in [-0.3, -0.25) is 39.1 Å². The predicted octanol–water partition coefficient (Wildman–Crippen LogP) is 0.951. The minimum absolute atomic E-state index is 0.0408. The minimum atomic E-state index is -1.23. The van der Waals surface area contributed by atoms with Crippen LogP contribution in [0, 0.1) is 13.7 Å². The van der Waals surface area contributed by atoms with Crippen molar-refractivity contribution < 1.29 is 28.9 Å². The van der Waals surface area contributed by atoms with E-state index in [0.717, 1.165) is 20.3 Å². The first-order chi connectivity index (χ1) is 25.2. The zero-order valence-electron chi connectivity index (χ0n) is 29.0. The van der Waals surface area contributed by atoms with Crippen LogP contribution in [-0.2, 0) is 49.8 Å². The monoisotopic (exact) mass is 839 g/mol. The number of guanidine groups is 1. The Balaban J connectivity index is 1.58. The van der Waals surface area contributed by atoms with Crippen molar-refractivity contribution in [3.8, 4) is 0 Å². The molecule has 0 saturated carbocycles. The Morgan fingerprint density at radius 1 is 0.849 bits per heavy atom. The van der Waals surface area contributed by atoms with Gasteiger partial charge in [-0.15, -0.1) is 0 Å². The fourth-order valence-corrected chi connectivity index (χ4v) is 6.31. The number of hydrogen-bond donors (Lipinski definition) is 6. The average Bonchev–Trinajstić information content (AvgIpc) is 3.12. The number of amides is 5. The van der Waals surface area contributed by atoms with E-state index < -0.39 is 52.7 Å². The quantitative estimate of drug-likeness (QED) is 0.0299. The van der Waals surface area contributed by atoms with Crippen LogP contribution in [-0.4, -0.2) is 76.0 Å². The van der Waals surface area contributed by atoms with Gasteiger partial charge in [0.1, 0.15) is 24.2 Å². The smallest absolute Gasteiger partial charge is 0.269 e. The van der Waals surface area contributed by atoms with Crippen LogP contribution in [0.25, 0.3) is 0 Å². The van der Waals surface area contributed by atoms with Gasteiger partial charge in [-0.05, 0) is 69.8 Å². The van der Waals surface area contributed by atoms with Gasteiger partial charge in [0.25, 0.3) is 5.69 Å². The third kappa shape index (κ3) is 11.7. The van der Waals surface area contributed by atoms with E-state index in [9.17, 15) is 34.1 Å². The number of carbonyl (C=O) groups excluding carboxylic acids is 5. The van der Waals surface area contributed by atoms with Crippen molar-refractivity contribution in [1.29, 1.82) is 0 Å². The molecule has 0 spiro atoms. The van der Waals surface area contributed by atoms with Crippen molar-refractivity contribution in [2.75, 3.05) is 6.54 Å². The van der Waals surface area contributed by atoms with Gasteiger partial charge < -0.3 is 38.1 Å². The summed E-state index contributed by atoms with van der Waals surface area (Å²) < 4.78 is 0.963. The number of carbonyl (C=O) groups is 5. The molecule has 0 bridgehead atoms. The van der Waals surface area contributed by atoms with Crippen LogP contribution < -0.4 is 33.2 Å². The molecule has 0 radical (unpaired) electrons. The van der Waals surface area contributed by atoms with Gasteiger partial charge in [-0.1, -0.05) is 48.5 Å². The number of nitrogens with one attached hydrogen (secondary N) is 3. The van der Waals surface area contributed by atoms with E-state index in [-0.39, 0.29) is 62.7 Å². The third-order valence-electron chi connectivity index (χ3n) is 8.77. The number of rotatable bonds is 16. The molecule has 0 aromatic heterocycles. The summed E-state index contributed by atoms with van der Waals surface area (Å²) in [6.45, 7) is 1.75. The molecule has 9 N–H and O–H groups in total. The number of nitrogens with zero attached hydrogens (tertiary/aromatic N) is 3. The molecular weight excluding hydrogens is 797 g/mol. The van der Waals surface area contributed by atoms with Gasteiger partial charge in [0.2, 0.25) is 29.5 Å². The summed E-state index contributed by atoms with van der Waals surface area (Å²) in [6, 6.07) is 15.8. The van der Waals surface area contributed by atoms with E-state index in [1.165, 1.54) is 36.1 Å². The largest absolute Gasteiger partial charge is 0.370 e. The average molecular weight is 840 g/mol. The molecule has 3 aromatic carbocycles. The maximum absolute atomic E-state index is 14.1. The maximum atomic E-state index is 14.1. The zero-order chi connectivity index (χ0) is 38.7. The summed E-state index contributed by atoms with van der Waals surface area (Å²) in [7, 11) is 0. The Kier molecular flexibility index (Phi) is 14.2. The zero-order valence-corrected chi connectivity index (χ0v) is 31.2. The topological polar surface area (TPSA) is 258 Å². The molecule has 0 aliphatic carbocycles. The second-order valence-electron chi connectivity index (χ2n) is 12.6. The van der Waals surface area contributed by atoms with Crippen molar-refractivity contribution in [1.82, 2.24) is 20.9 Å². The lowest BCUT2D eigenvalue weighted by Crippen LogP contribution is -2.59. The van der Waals surface area contributed by atoms with Crippen LogP contribution in [0.3, 0.4) is 0 Å². The summed E-state index contributed by atoms with van der Waals surface area (Å²) in [6.07, 6.45) is 0.529. The van der Waals surface area contributed by atoms with Crippen LogP contribution in [0.1, 0.15) is 42.0 Å². The summed E-state index contributed by atoms with van der Waals surface area (Å²) in [4.78, 5) is 82.8. The Morgan fingerprint density at radius 2 is 1.42 bits per heavy atom. The van der Waals surface area contributed by atoms with Crippen LogP contribution in [0.5, 0.6) is 0 Å². The highest BCUT2D eigenvalue weighted by molar-refractivity contribution is 14.1. The molecule has 1 unspecified atom stereocenters. The van der Waals surface area contributed by atoms with Crippen LogP contribution in [0.4, 0.5) is 5.69 Å². The molecule has 1 aliphatic heterocycles. The molecule has 0 fully saturated rings. The number of aliphatic imine (C=N–C) groups is 1. The molecule has 1 heterocycles. The second-order valence-corrected chi connectivity index (χ2v) is 13.9. The number of nitrogens with two attached hydrogens (primary N) is 3. The highest BCUT2D eigenvalue weighted by Gasteiger charge is 2.36. The van der Waals surface area contributed by atoms with Gasteiger partial charge in [0.05, 0.1) is 4.92 Å². The summed E-state index contributed by atoms with van der Waals surface area (Å²) in [5.74, 6) is -3.28. The van der Waals surface area contributed by atoms with E-state index >= 15 is 0 Å². The number of hydrogen-bond acceptors (Lipinski definition) is 8. The lowest BCUT2D eigenvalue weighted by Gasteiger charge is -2.36. The molecule has 4 atom stereocenters. The predicted molar refractivity (Wildman–Crippen MR) is 205 cm³/mol. The van der Waals surface area contributed by atoms with E-state index in [0.29, 0.717) is 5.56 Å². The molecular formula is C36H42IN9O7. The van der Waals surface area contributed by atoms with E-state index in [2.05, 4.69) is 43.5 Å². The number of primary amides is 1. The molecule has 4 rings (SSSR count). The van der Waals surface area contributed by atoms with E-state index in [1.54, 1.807) is 0 Å². The fourth-order valence-electron chi connectivity index (χ4n) is 5.95. The third-order valence-corrected chi connectivity index (χ3v) is 9.49. The van der Waals surface area contributed by atoms with Gasteiger partial charge in [-0.25, -0.2) is 0 Å². The highest BCUT2D eigenvalue weighted by atomic mass is 127. The second kappa shape index (κ2) is 18.8. The molecule has 17 heteroatoms. The van der Waals surface area contributed by atoms with Gasteiger partial charge in [0.15, 0.2) is 5.96 Å².